The van der Waals surface area contributed by atoms with E-state index in [9.17, 15) is 14.7 Å². The first kappa shape index (κ1) is 48.3. The van der Waals surface area contributed by atoms with Gasteiger partial charge in [-0.1, -0.05) is 196 Å². The summed E-state index contributed by atoms with van der Waals surface area (Å²) in [5.74, 6) is -0.688. The molecule has 5 nitrogen and oxygen atoms in total. The quantitative estimate of drug-likeness (QED) is 0.0395. The predicted octanol–water partition coefficient (Wildman–Crippen LogP) is 13.3. The Morgan fingerprint density at radius 2 is 0.843 bits per heavy atom. The Bertz CT molecular complexity index is 941. The van der Waals surface area contributed by atoms with Crippen LogP contribution >= 0.6 is 0 Å². The molecule has 5 heteroatoms. The van der Waals surface area contributed by atoms with Crippen molar-refractivity contribution in [2.45, 2.75) is 193 Å². The van der Waals surface area contributed by atoms with Gasteiger partial charge < -0.3 is 14.6 Å². The van der Waals surface area contributed by atoms with E-state index in [1.54, 1.807) is 0 Å². The first-order valence-corrected chi connectivity index (χ1v) is 21.0. The molecule has 0 aromatic carbocycles. The molecule has 292 valence electrons. The van der Waals surface area contributed by atoms with Crippen molar-refractivity contribution in [1.82, 2.24) is 0 Å². The molecular weight excluding hydrogens is 633 g/mol. The summed E-state index contributed by atoms with van der Waals surface area (Å²) in [6, 6.07) is 0. The van der Waals surface area contributed by atoms with Crippen molar-refractivity contribution in [1.29, 1.82) is 0 Å². The molecule has 0 aliphatic rings. The lowest BCUT2D eigenvalue weighted by Crippen LogP contribution is -2.28. The van der Waals surface area contributed by atoms with Crippen LogP contribution < -0.4 is 0 Å². The van der Waals surface area contributed by atoms with Crippen LogP contribution in [0.2, 0.25) is 0 Å². The van der Waals surface area contributed by atoms with E-state index in [1.165, 1.54) is 96.3 Å². The molecule has 0 saturated carbocycles. The maximum Gasteiger partial charge on any atom is 0.306 e. The molecule has 0 aromatic heterocycles. The normalized spacial score (nSPS) is 12.9. The lowest BCUT2D eigenvalue weighted by atomic mass is 10.0. The number of carbonyl (C=O) groups excluding carboxylic acids is 2. The van der Waals surface area contributed by atoms with Crippen LogP contribution in [0.4, 0.5) is 0 Å². The summed E-state index contributed by atoms with van der Waals surface area (Å²) in [6.45, 7) is 3.97. The molecule has 0 rings (SSSR count). The highest BCUT2D eigenvalue weighted by Gasteiger charge is 2.15. The van der Waals surface area contributed by atoms with Crippen LogP contribution in [0.15, 0.2) is 72.9 Å². The number of allylic oxidation sites excluding steroid dienone is 12. The van der Waals surface area contributed by atoms with E-state index in [-0.39, 0.29) is 25.6 Å². The van der Waals surface area contributed by atoms with E-state index in [4.69, 9.17) is 9.47 Å². The zero-order valence-electron chi connectivity index (χ0n) is 33.1. The van der Waals surface area contributed by atoms with Gasteiger partial charge in [-0.2, -0.15) is 0 Å². The smallest absolute Gasteiger partial charge is 0.306 e. The molecule has 0 aliphatic carbocycles. The monoisotopic (exact) mass is 711 g/mol. The van der Waals surface area contributed by atoms with Gasteiger partial charge in [0.15, 0.2) is 6.10 Å². The average molecular weight is 711 g/mol. The van der Waals surface area contributed by atoms with Crippen molar-refractivity contribution in [2.75, 3.05) is 13.2 Å². The summed E-state index contributed by atoms with van der Waals surface area (Å²) in [5, 5.41) is 9.56. The molecule has 0 saturated heterocycles. The van der Waals surface area contributed by atoms with Gasteiger partial charge in [-0.25, -0.2) is 0 Å². The Morgan fingerprint density at radius 3 is 1.24 bits per heavy atom. The second-order valence-electron chi connectivity index (χ2n) is 13.7. The lowest BCUT2D eigenvalue weighted by Gasteiger charge is -2.15. The number of aliphatic hydroxyl groups is 1. The van der Waals surface area contributed by atoms with Gasteiger partial charge >= 0.3 is 11.9 Å². The number of hydrogen-bond donors (Lipinski definition) is 1. The summed E-state index contributed by atoms with van der Waals surface area (Å²) in [7, 11) is 0. The van der Waals surface area contributed by atoms with Crippen LogP contribution in [0.25, 0.3) is 0 Å². The number of hydrogen-bond acceptors (Lipinski definition) is 5. The van der Waals surface area contributed by atoms with Crippen LogP contribution in [0, 0.1) is 0 Å². The summed E-state index contributed by atoms with van der Waals surface area (Å²) in [5.41, 5.74) is 0. The Kier molecular flexibility index (Phi) is 39.6. The van der Waals surface area contributed by atoms with Gasteiger partial charge in [0.1, 0.15) is 6.61 Å². The van der Waals surface area contributed by atoms with E-state index in [0.717, 1.165) is 57.8 Å². The minimum atomic E-state index is -0.813. The highest BCUT2D eigenvalue weighted by atomic mass is 16.6. The topological polar surface area (TPSA) is 72.8 Å². The van der Waals surface area contributed by atoms with Crippen LogP contribution in [0.3, 0.4) is 0 Å². The molecule has 0 aliphatic heterocycles. The molecule has 0 unspecified atom stereocenters. The molecule has 1 N–H and O–H groups in total. The molecule has 0 aromatic rings. The minimum absolute atomic E-state index is 0.0972. The third kappa shape index (κ3) is 40.0. The number of aliphatic hydroxyl groups excluding tert-OH is 1. The number of unbranched alkanes of at least 4 members (excludes halogenated alkanes) is 17. The molecule has 0 radical (unpaired) electrons. The molecule has 0 amide bonds. The lowest BCUT2D eigenvalue weighted by molar-refractivity contribution is -0.161. The van der Waals surface area contributed by atoms with E-state index in [2.05, 4.69) is 74.6 Å². The van der Waals surface area contributed by atoms with Gasteiger partial charge in [-0.05, 0) is 51.4 Å². The summed E-state index contributed by atoms with van der Waals surface area (Å²) < 4.78 is 10.6. The van der Waals surface area contributed by atoms with Gasteiger partial charge in [0, 0.05) is 12.8 Å². The van der Waals surface area contributed by atoms with Crippen molar-refractivity contribution >= 4 is 11.9 Å². The van der Waals surface area contributed by atoms with Crippen LogP contribution in [-0.2, 0) is 19.1 Å². The fourth-order valence-electron chi connectivity index (χ4n) is 5.64. The molecule has 51 heavy (non-hydrogen) atoms. The van der Waals surface area contributed by atoms with Gasteiger partial charge in [-0.3, -0.25) is 9.59 Å². The van der Waals surface area contributed by atoms with Crippen molar-refractivity contribution in [3.8, 4) is 0 Å². The molecule has 0 bridgehead atoms. The van der Waals surface area contributed by atoms with Crippen molar-refractivity contribution < 1.29 is 24.2 Å². The largest absolute Gasteiger partial charge is 0.462 e. The second kappa shape index (κ2) is 41.8. The Hall–Kier alpha value is -2.66. The first-order chi connectivity index (χ1) is 25.1. The summed E-state index contributed by atoms with van der Waals surface area (Å²) in [4.78, 5) is 24.3. The fraction of sp³-hybridized carbons (Fsp3) is 0.696. The Labute approximate surface area is 314 Å². The zero-order valence-corrected chi connectivity index (χ0v) is 33.1. The standard InChI is InChI=1S/C46H78O5/c1-3-5-7-9-11-13-15-17-19-21-23-25-27-29-31-33-35-37-39-41-46(49)51-44(42-47)43-50-45(48)40-38-36-34-32-30-28-26-24-22-20-18-16-14-12-10-8-6-4-2/h5,7,11,13,17,19,23,25,29,31,35,37,44,47H,3-4,6,8-10,12,14-16,18,20-22,24,26-28,30,32-34,36,38-43H2,1-2H3/b7-5-,13-11-,19-17-,25-23-,31-29-,37-35-/t44-/m0/s1. The Morgan fingerprint density at radius 1 is 0.471 bits per heavy atom. The summed E-state index contributed by atoms with van der Waals surface area (Å²) >= 11 is 0. The van der Waals surface area contributed by atoms with E-state index < -0.39 is 12.1 Å². The summed E-state index contributed by atoms with van der Waals surface area (Å²) in [6.07, 6.45) is 55.5. The van der Waals surface area contributed by atoms with Gasteiger partial charge in [-0.15, -0.1) is 0 Å². The molecule has 1 atom stereocenters. The van der Waals surface area contributed by atoms with Crippen LogP contribution in [-0.4, -0.2) is 36.4 Å². The highest BCUT2D eigenvalue weighted by Crippen LogP contribution is 2.15. The Balaban J connectivity index is 3.66. The number of carbonyl (C=O) groups is 2. The third-order valence-corrected chi connectivity index (χ3v) is 8.78. The van der Waals surface area contributed by atoms with Gasteiger partial charge in [0.2, 0.25) is 0 Å². The maximum absolute atomic E-state index is 12.2. The molecular formula is C46H78O5. The van der Waals surface area contributed by atoms with Gasteiger partial charge in [0.25, 0.3) is 0 Å². The van der Waals surface area contributed by atoms with Crippen LogP contribution in [0.1, 0.15) is 187 Å². The molecule has 0 spiro atoms. The molecule has 0 fully saturated rings. The minimum Gasteiger partial charge on any atom is -0.462 e. The second-order valence-corrected chi connectivity index (χ2v) is 13.7. The van der Waals surface area contributed by atoms with E-state index in [1.807, 2.05) is 12.2 Å². The number of rotatable bonds is 37. The predicted molar refractivity (Wildman–Crippen MR) is 219 cm³/mol. The SMILES string of the molecule is CC/C=C\C/C=C\C/C=C\C/C=C\C/C=C\C/C=C\CCC(=O)O[C@@H](CO)COC(=O)CCCCCCCCCCCCCCCCCCCC. The number of ether oxygens (including phenoxy) is 2. The zero-order chi connectivity index (χ0) is 37.1. The average Bonchev–Trinajstić information content (AvgIpc) is 3.13. The fourth-order valence-corrected chi connectivity index (χ4v) is 5.64. The van der Waals surface area contributed by atoms with E-state index >= 15 is 0 Å². The van der Waals surface area contributed by atoms with E-state index in [0.29, 0.717) is 12.8 Å². The highest BCUT2D eigenvalue weighted by molar-refractivity contribution is 5.70. The van der Waals surface area contributed by atoms with Crippen LogP contribution in [0.5, 0.6) is 0 Å². The maximum atomic E-state index is 12.2. The van der Waals surface area contributed by atoms with Crippen molar-refractivity contribution in [3.05, 3.63) is 72.9 Å². The van der Waals surface area contributed by atoms with Gasteiger partial charge in [0.05, 0.1) is 6.61 Å². The first-order valence-electron chi connectivity index (χ1n) is 21.0. The molecule has 0 heterocycles. The number of esters is 2. The third-order valence-electron chi connectivity index (χ3n) is 8.78. The van der Waals surface area contributed by atoms with Crippen molar-refractivity contribution in [3.63, 3.8) is 0 Å². The van der Waals surface area contributed by atoms with Crippen molar-refractivity contribution in [2.24, 2.45) is 0 Å².